The predicted molar refractivity (Wildman–Crippen MR) is 161 cm³/mol. The predicted octanol–water partition coefficient (Wildman–Crippen LogP) is 5.14. The minimum atomic E-state index is -2.50. The zero-order chi connectivity index (χ0) is 25.9. The molecule has 0 atom stereocenters. The first kappa shape index (κ1) is 28.8. The summed E-state index contributed by atoms with van der Waals surface area (Å²) in [6.07, 6.45) is 0. The molecule has 0 N–H and O–H groups in total. The summed E-state index contributed by atoms with van der Waals surface area (Å²) in [7, 11) is 6.49. The Morgan fingerprint density at radius 3 is 1.03 bits per heavy atom. The molecule has 4 aromatic carbocycles. The van der Waals surface area contributed by atoms with Gasteiger partial charge in [-0.25, -0.2) is 0 Å². The largest absolute Gasteiger partial charge is 1.00 e. The lowest BCUT2D eigenvalue weighted by molar-refractivity contribution is -0.00000739. The lowest BCUT2D eigenvalue weighted by Crippen LogP contribution is -3.00. The van der Waals surface area contributed by atoms with Crippen molar-refractivity contribution in [3.8, 4) is 0 Å². The van der Waals surface area contributed by atoms with Crippen molar-refractivity contribution in [1.82, 2.24) is 0 Å². The highest BCUT2D eigenvalue weighted by Gasteiger charge is 2.59. The van der Waals surface area contributed by atoms with Gasteiger partial charge in [0, 0.05) is 28.2 Å². The van der Waals surface area contributed by atoms with Crippen molar-refractivity contribution in [3.63, 3.8) is 0 Å². The van der Waals surface area contributed by atoms with Crippen LogP contribution in [0.1, 0.15) is 16.7 Å². The van der Waals surface area contributed by atoms with E-state index in [-0.39, 0.29) is 24.0 Å². The van der Waals surface area contributed by atoms with E-state index in [2.05, 4.69) is 171 Å². The van der Waals surface area contributed by atoms with Gasteiger partial charge in [-0.2, -0.15) is 18.7 Å². The standard InChI is InChI=1S/C31H38N4P.HI/c1-25-17-11-14-22-29(25)33(5)36(32(4)28-20-9-8-10-21-28,34(6)30-23-15-12-18-26(30)2)35(7)31-24-16-13-19-27(31)3;/h8-24H,1-7H3;1H/q+1;/p-1. The van der Waals surface area contributed by atoms with E-state index in [9.17, 15) is 0 Å². The lowest BCUT2D eigenvalue weighted by atomic mass is 10.2. The number of halogens is 1. The molecule has 0 aliphatic heterocycles. The molecule has 0 fully saturated rings. The third-order valence-electron chi connectivity index (χ3n) is 7.13. The Morgan fingerprint density at radius 2 is 0.703 bits per heavy atom. The molecular weight excluding hydrogens is 586 g/mol. The summed E-state index contributed by atoms with van der Waals surface area (Å²) >= 11 is 0. The maximum Gasteiger partial charge on any atom is 0.404 e. The Hall–Kier alpha value is -2.76. The summed E-state index contributed by atoms with van der Waals surface area (Å²) in [5, 5.41) is 0. The van der Waals surface area contributed by atoms with E-state index < -0.39 is 7.87 Å². The number of nitrogens with zero attached hydrogens (tertiary/aromatic N) is 4. The summed E-state index contributed by atoms with van der Waals surface area (Å²) in [5.41, 5.74) is 8.58. The molecule has 4 nitrogen and oxygen atoms in total. The molecule has 0 amide bonds. The Morgan fingerprint density at radius 1 is 0.405 bits per heavy atom. The molecule has 0 aromatic heterocycles. The van der Waals surface area contributed by atoms with Gasteiger partial charge in [-0.05, 0) is 67.8 Å². The molecule has 194 valence electrons. The van der Waals surface area contributed by atoms with Gasteiger partial charge < -0.3 is 24.0 Å². The van der Waals surface area contributed by atoms with E-state index >= 15 is 0 Å². The fourth-order valence-corrected chi connectivity index (χ4v) is 9.62. The monoisotopic (exact) mass is 624 g/mol. The number of anilines is 4. The number of hydrogen-bond donors (Lipinski definition) is 0. The summed E-state index contributed by atoms with van der Waals surface area (Å²) in [4.78, 5) is 0. The SMILES string of the molecule is Cc1ccccc1N(C)[P+](N(C)c1ccccc1)(N(C)c1ccccc1C)N(C)c1ccccc1C.[I-]. The van der Waals surface area contributed by atoms with E-state index in [1.54, 1.807) is 0 Å². The zero-order valence-electron chi connectivity index (χ0n) is 22.9. The van der Waals surface area contributed by atoms with Crippen molar-refractivity contribution >= 4 is 30.6 Å². The van der Waals surface area contributed by atoms with Gasteiger partial charge in [0.2, 0.25) is 0 Å². The van der Waals surface area contributed by atoms with Crippen molar-refractivity contribution in [1.29, 1.82) is 0 Å². The quantitative estimate of drug-likeness (QED) is 0.199. The topological polar surface area (TPSA) is 13.0 Å². The van der Waals surface area contributed by atoms with Gasteiger partial charge in [0.15, 0.2) is 0 Å². The van der Waals surface area contributed by atoms with Crippen LogP contribution in [0.2, 0.25) is 0 Å². The fourth-order valence-electron chi connectivity index (χ4n) is 5.22. The molecule has 0 spiro atoms. The second-order valence-corrected chi connectivity index (χ2v) is 12.8. The van der Waals surface area contributed by atoms with E-state index in [4.69, 9.17) is 0 Å². The first-order chi connectivity index (χ1) is 17.3. The third-order valence-corrected chi connectivity index (χ3v) is 11.2. The van der Waals surface area contributed by atoms with Crippen LogP contribution < -0.4 is 42.7 Å². The Kier molecular flexibility index (Phi) is 9.49. The average Bonchev–Trinajstić information content (AvgIpc) is 2.90. The summed E-state index contributed by atoms with van der Waals surface area (Å²) in [6, 6.07) is 36.8. The molecule has 0 unspecified atom stereocenters. The van der Waals surface area contributed by atoms with Crippen LogP contribution in [0.4, 0.5) is 22.7 Å². The zero-order valence-corrected chi connectivity index (χ0v) is 26.0. The number of aryl methyl sites for hydroxylation is 3. The van der Waals surface area contributed by atoms with E-state index in [0.717, 1.165) is 0 Å². The minimum Gasteiger partial charge on any atom is -1.00 e. The van der Waals surface area contributed by atoms with Crippen LogP contribution in [0.15, 0.2) is 103 Å². The molecule has 4 rings (SSSR count). The Bertz CT molecular complexity index is 1190. The minimum absolute atomic E-state index is 0. The normalized spacial score (nSPS) is 10.9. The van der Waals surface area contributed by atoms with Gasteiger partial charge in [-0.1, -0.05) is 72.8 Å². The van der Waals surface area contributed by atoms with Gasteiger partial charge in [-0.3, -0.25) is 0 Å². The third kappa shape index (κ3) is 5.30. The maximum absolute atomic E-state index is 2.51. The average molecular weight is 625 g/mol. The first-order valence-corrected chi connectivity index (χ1v) is 14.0. The van der Waals surface area contributed by atoms with Crippen LogP contribution in [-0.2, 0) is 0 Å². The molecular formula is C31H38IN4P. The van der Waals surface area contributed by atoms with E-state index in [1.165, 1.54) is 39.4 Å². The Balaban J connectivity index is 0.00000380. The van der Waals surface area contributed by atoms with Gasteiger partial charge in [0.1, 0.15) is 0 Å². The van der Waals surface area contributed by atoms with Crippen LogP contribution >= 0.6 is 7.87 Å². The molecule has 0 heterocycles. The number of para-hydroxylation sites is 4. The van der Waals surface area contributed by atoms with Gasteiger partial charge in [0.05, 0.1) is 22.7 Å². The van der Waals surface area contributed by atoms with Crippen LogP contribution in [0, 0.1) is 20.8 Å². The lowest BCUT2D eigenvalue weighted by Gasteiger charge is -2.49. The number of benzene rings is 4. The van der Waals surface area contributed by atoms with Gasteiger partial charge in [-0.15, -0.1) is 0 Å². The van der Waals surface area contributed by atoms with E-state index in [0.29, 0.717) is 0 Å². The highest BCUT2D eigenvalue weighted by Crippen LogP contribution is 2.71. The highest BCUT2D eigenvalue weighted by molar-refractivity contribution is 7.81. The molecule has 6 heteroatoms. The maximum atomic E-state index is 2.51. The van der Waals surface area contributed by atoms with Crippen molar-refractivity contribution in [2.45, 2.75) is 20.8 Å². The summed E-state index contributed by atoms with van der Waals surface area (Å²) in [6.45, 7) is 6.60. The second kappa shape index (κ2) is 12.2. The van der Waals surface area contributed by atoms with E-state index in [1.807, 2.05) is 0 Å². The van der Waals surface area contributed by atoms with Crippen molar-refractivity contribution in [2.75, 3.05) is 46.9 Å². The number of hydrogen-bond acceptors (Lipinski definition) is 4. The summed E-state index contributed by atoms with van der Waals surface area (Å²) < 4.78 is 10.0. The molecule has 0 saturated carbocycles. The molecule has 0 radical (unpaired) electrons. The first-order valence-electron chi connectivity index (χ1n) is 12.4. The molecule has 4 aromatic rings. The second-order valence-electron chi connectivity index (χ2n) is 9.33. The molecule has 0 bridgehead atoms. The highest BCUT2D eigenvalue weighted by atomic mass is 127. The molecule has 0 saturated heterocycles. The fraction of sp³-hybridized carbons (Fsp3) is 0.226. The number of rotatable bonds is 8. The van der Waals surface area contributed by atoms with Crippen LogP contribution in [-0.4, -0.2) is 28.2 Å². The summed E-state index contributed by atoms with van der Waals surface area (Å²) in [5.74, 6) is 0. The van der Waals surface area contributed by atoms with Gasteiger partial charge >= 0.3 is 7.87 Å². The van der Waals surface area contributed by atoms with Crippen molar-refractivity contribution in [2.24, 2.45) is 0 Å². The van der Waals surface area contributed by atoms with Gasteiger partial charge in [0.25, 0.3) is 0 Å². The van der Waals surface area contributed by atoms with Crippen LogP contribution in [0.3, 0.4) is 0 Å². The smallest absolute Gasteiger partial charge is 0.404 e. The van der Waals surface area contributed by atoms with Crippen LogP contribution in [0.25, 0.3) is 0 Å². The Labute approximate surface area is 241 Å². The molecule has 37 heavy (non-hydrogen) atoms. The van der Waals surface area contributed by atoms with Crippen LogP contribution in [0.5, 0.6) is 0 Å². The molecule has 0 aliphatic carbocycles. The van der Waals surface area contributed by atoms with Crippen molar-refractivity contribution in [3.05, 3.63) is 120 Å². The van der Waals surface area contributed by atoms with Crippen molar-refractivity contribution < 1.29 is 24.0 Å². The molecule has 0 aliphatic rings.